The third-order valence-corrected chi connectivity index (χ3v) is 9.10. The number of benzene rings is 1. The van der Waals surface area contributed by atoms with Gasteiger partial charge in [-0.3, -0.25) is 4.79 Å². The number of rotatable bonds is 4. The predicted molar refractivity (Wildman–Crippen MR) is 95.5 cm³/mol. The maximum Gasteiger partial charge on any atom is 0.266 e. The van der Waals surface area contributed by atoms with Gasteiger partial charge in [-0.25, -0.2) is 12.7 Å². The van der Waals surface area contributed by atoms with E-state index in [4.69, 9.17) is 0 Å². The summed E-state index contributed by atoms with van der Waals surface area (Å²) < 4.78 is 27.3. The van der Waals surface area contributed by atoms with Crippen LogP contribution in [0.4, 0.5) is 0 Å². The molecule has 1 heterocycles. The molecule has 1 amide bonds. The molecule has 1 aliphatic heterocycles. The van der Waals surface area contributed by atoms with Crippen LogP contribution in [0.5, 0.6) is 0 Å². The van der Waals surface area contributed by atoms with E-state index in [1.807, 2.05) is 20.8 Å². The van der Waals surface area contributed by atoms with Gasteiger partial charge in [0.05, 0.1) is 19.0 Å². The van der Waals surface area contributed by atoms with Crippen molar-refractivity contribution >= 4 is 24.0 Å². The van der Waals surface area contributed by atoms with Crippen LogP contribution in [0, 0.1) is 12.8 Å². The van der Waals surface area contributed by atoms with E-state index in [9.17, 15) is 13.2 Å². The lowest BCUT2D eigenvalue weighted by molar-refractivity contribution is -0.124. The Morgan fingerprint density at radius 2 is 1.65 bits per heavy atom. The minimum Gasteiger partial charge on any atom is -0.274 e. The molecule has 0 unspecified atom stereocenters. The second-order valence-corrected chi connectivity index (χ2v) is 15.2. The molecule has 6 heteroatoms. The maximum absolute atomic E-state index is 13.1. The van der Waals surface area contributed by atoms with E-state index >= 15 is 0 Å². The second-order valence-electron chi connectivity index (χ2n) is 7.92. The minimum atomic E-state index is -3.79. The van der Waals surface area contributed by atoms with E-state index in [0.29, 0.717) is 6.42 Å². The van der Waals surface area contributed by atoms with Crippen molar-refractivity contribution in [1.29, 1.82) is 0 Å². The number of amides is 1. The smallest absolute Gasteiger partial charge is 0.266 e. The molecule has 0 saturated carbocycles. The van der Waals surface area contributed by atoms with Gasteiger partial charge in [0.15, 0.2) is 0 Å². The maximum atomic E-state index is 13.1. The number of aryl methyl sites for hydroxylation is 1. The molecule has 4 nitrogen and oxygen atoms in total. The van der Waals surface area contributed by atoms with Crippen molar-refractivity contribution in [2.45, 2.75) is 63.3 Å². The van der Waals surface area contributed by atoms with Gasteiger partial charge in [-0.05, 0) is 31.4 Å². The molecule has 1 aromatic rings. The molecule has 0 aliphatic carbocycles. The second kappa shape index (κ2) is 6.05. The van der Waals surface area contributed by atoms with Gasteiger partial charge in [-0.2, -0.15) is 0 Å². The lowest BCUT2D eigenvalue weighted by Gasteiger charge is -2.27. The number of sulfonamides is 1. The molecular formula is C17H27NO3SSi. The number of carbonyl (C=O) groups excluding carboxylic acids is 1. The largest absolute Gasteiger partial charge is 0.274 e. The van der Waals surface area contributed by atoms with Crippen LogP contribution < -0.4 is 0 Å². The molecule has 2 atom stereocenters. The fraction of sp³-hybridized carbons (Fsp3) is 0.588. The number of carbonyl (C=O) groups is 1. The molecule has 1 aromatic carbocycles. The lowest BCUT2D eigenvalue weighted by atomic mass is 10.0. The summed E-state index contributed by atoms with van der Waals surface area (Å²) in [4.78, 5) is 13.1. The molecule has 1 aliphatic rings. The first-order valence-corrected chi connectivity index (χ1v) is 13.1. The zero-order valence-electron chi connectivity index (χ0n) is 14.8. The summed E-state index contributed by atoms with van der Waals surface area (Å²) in [7, 11) is -5.55. The summed E-state index contributed by atoms with van der Waals surface area (Å²) in [6, 6.07) is 6.49. The molecule has 1 fully saturated rings. The topological polar surface area (TPSA) is 54.5 Å². The van der Waals surface area contributed by atoms with Crippen LogP contribution in [0.2, 0.25) is 25.2 Å². The van der Waals surface area contributed by atoms with Gasteiger partial charge in [0.1, 0.15) is 0 Å². The van der Waals surface area contributed by atoms with Gasteiger partial charge in [-0.1, -0.05) is 51.2 Å². The van der Waals surface area contributed by atoms with Gasteiger partial charge in [0, 0.05) is 5.54 Å². The molecule has 0 N–H and O–H groups in total. The highest BCUT2D eigenvalue weighted by molar-refractivity contribution is 7.89. The van der Waals surface area contributed by atoms with E-state index in [-0.39, 0.29) is 28.3 Å². The standard InChI is InChI=1S/C17H27NO3SSi/c1-12(2)15-11-16(23(4,5)6)17(19)18(15)22(20,21)14-9-7-13(3)8-10-14/h7-10,12,15-16H,11H2,1-6H3/t15-,16-/m0/s1. The van der Waals surface area contributed by atoms with Gasteiger partial charge >= 0.3 is 0 Å². The summed E-state index contributed by atoms with van der Waals surface area (Å²) >= 11 is 0. The number of hydrogen-bond acceptors (Lipinski definition) is 3. The van der Waals surface area contributed by atoms with Crippen LogP contribution in [-0.2, 0) is 14.8 Å². The Hall–Kier alpha value is -1.14. The fourth-order valence-corrected chi connectivity index (χ4v) is 6.82. The lowest BCUT2D eigenvalue weighted by Crippen LogP contribution is -2.42. The molecule has 0 aromatic heterocycles. The van der Waals surface area contributed by atoms with Crippen LogP contribution in [0.3, 0.4) is 0 Å². The van der Waals surface area contributed by atoms with Crippen molar-refractivity contribution < 1.29 is 13.2 Å². The van der Waals surface area contributed by atoms with Gasteiger partial charge in [0.2, 0.25) is 5.91 Å². The van der Waals surface area contributed by atoms with Crippen LogP contribution in [0.25, 0.3) is 0 Å². The Morgan fingerprint density at radius 3 is 2.09 bits per heavy atom. The summed E-state index contributed by atoms with van der Waals surface area (Å²) in [5.41, 5.74) is 0.868. The highest BCUT2D eigenvalue weighted by atomic mass is 32.2. The van der Waals surface area contributed by atoms with E-state index in [1.54, 1.807) is 24.3 Å². The third kappa shape index (κ3) is 3.38. The van der Waals surface area contributed by atoms with Crippen molar-refractivity contribution in [2.24, 2.45) is 5.92 Å². The molecule has 0 bridgehead atoms. The Balaban J connectivity index is 2.49. The van der Waals surface area contributed by atoms with E-state index < -0.39 is 18.1 Å². The SMILES string of the molecule is Cc1ccc(S(=O)(=O)N2C(=O)[C@@H]([Si](C)(C)C)C[C@H]2C(C)C)cc1. The molecule has 2 rings (SSSR count). The molecule has 0 spiro atoms. The Labute approximate surface area is 141 Å². The summed E-state index contributed by atoms with van der Waals surface area (Å²) in [5.74, 6) is -0.0936. The first-order chi connectivity index (χ1) is 10.5. The number of nitrogens with zero attached hydrogens (tertiary/aromatic N) is 1. The predicted octanol–water partition coefficient (Wildman–Crippen LogP) is 3.65. The van der Waals surface area contributed by atoms with Crippen LogP contribution >= 0.6 is 0 Å². The van der Waals surface area contributed by atoms with Crippen LogP contribution in [0.1, 0.15) is 25.8 Å². The molecule has 1 saturated heterocycles. The summed E-state index contributed by atoms with van der Waals surface area (Å²) in [6.45, 7) is 12.3. The van der Waals surface area contributed by atoms with Gasteiger partial charge in [-0.15, -0.1) is 0 Å². The Morgan fingerprint density at radius 1 is 1.13 bits per heavy atom. The average Bonchev–Trinajstić information content (AvgIpc) is 2.77. The number of hydrogen-bond donors (Lipinski definition) is 0. The first-order valence-electron chi connectivity index (χ1n) is 8.11. The summed E-state index contributed by atoms with van der Waals surface area (Å²) in [5, 5.41) is 0. The molecule has 0 radical (unpaired) electrons. The van der Waals surface area contributed by atoms with E-state index in [1.165, 1.54) is 4.31 Å². The van der Waals surface area contributed by atoms with Crippen molar-refractivity contribution in [3.05, 3.63) is 29.8 Å². The van der Waals surface area contributed by atoms with Crippen molar-refractivity contribution in [2.75, 3.05) is 0 Å². The average molecular weight is 354 g/mol. The zero-order chi connectivity index (χ0) is 17.6. The molecule has 23 heavy (non-hydrogen) atoms. The molecular weight excluding hydrogens is 326 g/mol. The van der Waals surface area contributed by atoms with Gasteiger partial charge < -0.3 is 0 Å². The van der Waals surface area contributed by atoms with Gasteiger partial charge in [0.25, 0.3) is 10.0 Å². The highest BCUT2D eigenvalue weighted by Crippen LogP contribution is 2.42. The van der Waals surface area contributed by atoms with E-state index in [2.05, 4.69) is 19.6 Å². The normalized spacial score (nSPS) is 22.9. The Kier molecular flexibility index (Phi) is 4.79. The van der Waals surface area contributed by atoms with Crippen molar-refractivity contribution in [3.8, 4) is 0 Å². The zero-order valence-corrected chi connectivity index (χ0v) is 16.6. The third-order valence-electron chi connectivity index (χ3n) is 4.69. The highest BCUT2D eigenvalue weighted by Gasteiger charge is 2.51. The quantitative estimate of drug-likeness (QED) is 0.776. The molecule has 128 valence electrons. The first kappa shape index (κ1) is 18.2. The summed E-state index contributed by atoms with van der Waals surface area (Å²) in [6.07, 6.45) is 0.650. The minimum absolute atomic E-state index is 0.112. The monoisotopic (exact) mass is 353 g/mol. The van der Waals surface area contributed by atoms with Crippen molar-refractivity contribution in [3.63, 3.8) is 0 Å². The Bertz CT molecular complexity index is 690. The van der Waals surface area contributed by atoms with Crippen molar-refractivity contribution in [1.82, 2.24) is 4.31 Å². The van der Waals surface area contributed by atoms with Crippen LogP contribution in [0.15, 0.2) is 29.2 Å². The van der Waals surface area contributed by atoms with Crippen LogP contribution in [-0.4, -0.2) is 32.7 Å². The fourth-order valence-electron chi connectivity index (χ4n) is 3.14. The van der Waals surface area contributed by atoms with E-state index in [0.717, 1.165) is 5.56 Å².